The summed E-state index contributed by atoms with van der Waals surface area (Å²) in [6, 6.07) is 17.2. The van der Waals surface area contributed by atoms with Gasteiger partial charge in [-0.3, -0.25) is 15.1 Å². The summed E-state index contributed by atoms with van der Waals surface area (Å²) < 4.78 is 4.88. The summed E-state index contributed by atoms with van der Waals surface area (Å²) in [4.78, 5) is 28.0. The summed E-state index contributed by atoms with van der Waals surface area (Å²) in [7, 11) is 1.27. The molecule has 142 valence electrons. The smallest absolute Gasteiger partial charge is 0.330 e. The second kappa shape index (κ2) is 10.2. The highest BCUT2D eigenvalue weighted by Crippen LogP contribution is 2.17. The highest BCUT2D eigenvalue weighted by Gasteiger charge is 2.30. The standard InChI is InChI=1S/C21H24N2O4/c1-3-10-18(23(25)26)15-19(21(24)27-2)22-20(16-11-6-4-7-12-16)17-13-8-5-9-14-17/h4-9,11-14,18-19H,3,10,15H2,1-2H3. The number of hydrogen-bond acceptors (Lipinski definition) is 5. The van der Waals surface area contributed by atoms with E-state index in [9.17, 15) is 14.9 Å². The Morgan fingerprint density at radius 3 is 2.00 bits per heavy atom. The second-order valence-corrected chi connectivity index (χ2v) is 6.21. The van der Waals surface area contributed by atoms with E-state index >= 15 is 0 Å². The largest absolute Gasteiger partial charge is 0.467 e. The van der Waals surface area contributed by atoms with Gasteiger partial charge >= 0.3 is 5.97 Å². The fourth-order valence-corrected chi connectivity index (χ4v) is 2.90. The van der Waals surface area contributed by atoms with E-state index < -0.39 is 18.1 Å². The Morgan fingerprint density at radius 1 is 1.07 bits per heavy atom. The van der Waals surface area contributed by atoms with Crippen LogP contribution in [0.15, 0.2) is 65.7 Å². The molecular weight excluding hydrogens is 344 g/mol. The molecule has 6 nitrogen and oxygen atoms in total. The fourth-order valence-electron chi connectivity index (χ4n) is 2.90. The van der Waals surface area contributed by atoms with Crippen LogP contribution < -0.4 is 0 Å². The molecule has 0 heterocycles. The molecule has 0 aliphatic carbocycles. The van der Waals surface area contributed by atoms with Crippen molar-refractivity contribution in [3.05, 3.63) is 81.9 Å². The van der Waals surface area contributed by atoms with Crippen molar-refractivity contribution in [2.75, 3.05) is 7.11 Å². The molecule has 0 aromatic heterocycles. The molecule has 2 unspecified atom stereocenters. The quantitative estimate of drug-likeness (QED) is 0.291. The van der Waals surface area contributed by atoms with E-state index in [-0.39, 0.29) is 11.3 Å². The van der Waals surface area contributed by atoms with Crippen LogP contribution in [-0.4, -0.2) is 35.8 Å². The molecule has 0 fully saturated rings. The molecule has 2 aromatic rings. The number of carbonyl (C=O) groups excluding carboxylic acids is 1. The minimum atomic E-state index is -0.938. The zero-order valence-electron chi connectivity index (χ0n) is 15.6. The van der Waals surface area contributed by atoms with Crippen molar-refractivity contribution in [1.82, 2.24) is 0 Å². The maximum Gasteiger partial charge on any atom is 0.330 e. The molecule has 6 heteroatoms. The minimum Gasteiger partial charge on any atom is -0.467 e. The molecule has 0 aliphatic heterocycles. The van der Waals surface area contributed by atoms with E-state index in [0.29, 0.717) is 18.6 Å². The van der Waals surface area contributed by atoms with Gasteiger partial charge < -0.3 is 4.74 Å². The van der Waals surface area contributed by atoms with E-state index in [1.54, 1.807) is 0 Å². The van der Waals surface area contributed by atoms with Crippen molar-refractivity contribution in [3.63, 3.8) is 0 Å². The number of carbonyl (C=O) groups is 1. The Kier molecular flexibility index (Phi) is 7.67. The first-order chi connectivity index (χ1) is 13.1. The van der Waals surface area contributed by atoms with Crippen molar-refractivity contribution in [3.8, 4) is 0 Å². The van der Waals surface area contributed by atoms with Gasteiger partial charge in [-0.2, -0.15) is 0 Å². The second-order valence-electron chi connectivity index (χ2n) is 6.21. The lowest BCUT2D eigenvalue weighted by atomic mass is 10.00. The van der Waals surface area contributed by atoms with E-state index in [4.69, 9.17) is 4.74 Å². The number of hydrogen-bond donors (Lipinski definition) is 0. The summed E-state index contributed by atoms with van der Waals surface area (Å²) >= 11 is 0. The molecule has 2 aromatic carbocycles. The Bertz CT molecular complexity index is 734. The number of methoxy groups -OCH3 is 1. The Morgan fingerprint density at radius 2 is 1.59 bits per heavy atom. The van der Waals surface area contributed by atoms with Gasteiger partial charge in [0.15, 0.2) is 6.04 Å². The monoisotopic (exact) mass is 368 g/mol. The van der Waals surface area contributed by atoms with Gasteiger partial charge in [0.1, 0.15) is 0 Å². The van der Waals surface area contributed by atoms with Gasteiger partial charge in [-0.15, -0.1) is 0 Å². The van der Waals surface area contributed by atoms with E-state index in [0.717, 1.165) is 11.1 Å². The van der Waals surface area contributed by atoms with Gasteiger partial charge in [-0.05, 0) is 6.42 Å². The number of nitro groups is 1. The number of nitrogens with zero attached hydrogens (tertiary/aromatic N) is 2. The van der Waals surface area contributed by atoms with Crippen LogP contribution >= 0.6 is 0 Å². The fraction of sp³-hybridized carbons (Fsp3) is 0.333. The van der Waals surface area contributed by atoms with Crippen molar-refractivity contribution < 1.29 is 14.5 Å². The van der Waals surface area contributed by atoms with Crippen molar-refractivity contribution in [2.24, 2.45) is 4.99 Å². The van der Waals surface area contributed by atoms with Crippen LogP contribution in [0.25, 0.3) is 0 Å². The van der Waals surface area contributed by atoms with Crippen LogP contribution in [0.2, 0.25) is 0 Å². The highest BCUT2D eigenvalue weighted by molar-refractivity contribution is 6.13. The first-order valence-corrected chi connectivity index (χ1v) is 8.96. The van der Waals surface area contributed by atoms with Crippen molar-refractivity contribution in [1.29, 1.82) is 0 Å². The molecule has 0 saturated carbocycles. The van der Waals surface area contributed by atoms with E-state index in [2.05, 4.69) is 4.99 Å². The lowest BCUT2D eigenvalue weighted by molar-refractivity contribution is -0.524. The van der Waals surface area contributed by atoms with Crippen molar-refractivity contribution >= 4 is 11.7 Å². The normalized spacial score (nSPS) is 12.7. The minimum absolute atomic E-state index is 0.0106. The summed E-state index contributed by atoms with van der Waals surface area (Å²) in [5.74, 6) is -0.567. The number of ether oxygens (including phenoxy) is 1. The third kappa shape index (κ3) is 5.74. The van der Waals surface area contributed by atoms with Crippen LogP contribution in [-0.2, 0) is 9.53 Å². The number of aliphatic imine (C=N–C) groups is 1. The molecule has 0 N–H and O–H groups in total. The average Bonchev–Trinajstić information content (AvgIpc) is 2.70. The zero-order chi connectivity index (χ0) is 19.6. The molecular formula is C21H24N2O4. The van der Waals surface area contributed by atoms with Crippen LogP contribution in [0.3, 0.4) is 0 Å². The molecule has 0 radical (unpaired) electrons. The van der Waals surface area contributed by atoms with E-state index in [1.165, 1.54) is 7.11 Å². The Hall–Kier alpha value is -3.02. The van der Waals surface area contributed by atoms with Crippen molar-refractivity contribution in [2.45, 2.75) is 38.3 Å². The van der Waals surface area contributed by atoms with Gasteiger partial charge in [0.2, 0.25) is 6.04 Å². The van der Waals surface area contributed by atoms with Crippen LogP contribution in [0.1, 0.15) is 37.3 Å². The summed E-state index contributed by atoms with van der Waals surface area (Å²) in [5.41, 5.74) is 2.29. The lowest BCUT2D eigenvalue weighted by Gasteiger charge is -2.16. The number of esters is 1. The predicted molar refractivity (Wildman–Crippen MR) is 105 cm³/mol. The Balaban J connectivity index is 2.47. The van der Waals surface area contributed by atoms with Crippen LogP contribution in [0.4, 0.5) is 0 Å². The average molecular weight is 368 g/mol. The maximum atomic E-state index is 12.3. The van der Waals surface area contributed by atoms with Crippen LogP contribution in [0.5, 0.6) is 0 Å². The van der Waals surface area contributed by atoms with Gasteiger partial charge in [0.25, 0.3) is 0 Å². The molecule has 0 amide bonds. The highest BCUT2D eigenvalue weighted by atomic mass is 16.6. The number of rotatable bonds is 9. The molecule has 2 rings (SSSR count). The third-order valence-electron chi connectivity index (χ3n) is 4.27. The molecule has 27 heavy (non-hydrogen) atoms. The summed E-state index contributed by atoms with van der Waals surface area (Å²) in [6.45, 7) is 1.88. The molecule has 0 bridgehead atoms. The zero-order valence-corrected chi connectivity index (χ0v) is 15.6. The first-order valence-electron chi connectivity index (χ1n) is 8.96. The van der Waals surface area contributed by atoms with Gasteiger partial charge in [0.05, 0.1) is 12.8 Å². The number of benzene rings is 2. The predicted octanol–water partition coefficient (Wildman–Crippen LogP) is 3.90. The maximum absolute atomic E-state index is 12.3. The first kappa shape index (κ1) is 20.3. The SMILES string of the molecule is CCCC(CC(N=C(c1ccccc1)c1ccccc1)C(=O)OC)[N+](=O)[O-]. The topological polar surface area (TPSA) is 81.8 Å². The van der Waals surface area contributed by atoms with Gasteiger partial charge in [-0.1, -0.05) is 67.6 Å². The van der Waals surface area contributed by atoms with Crippen LogP contribution in [0, 0.1) is 10.1 Å². The van der Waals surface area contributed by atoms with Gasteiger partial charge in [-0.25, -0.2) is 4.79 Å². The Labute approximate surface area is 159 Å². The van der Waals surface area contributed by atoms with Gasteiger partial charge in [0, 0.05) is 28.9 Å². The third-order valence-corrected chi connectivity index (χ3v) is 4.27. The molecule has 0 saturated heterocycles. The molecule has 0 spiro atoms. The van der Waals surface area contributed by atoms with E-state index in [1.807, 2.05) is 67.6 Å². The molecule has 2 atom stereocenters. The lowest BCUT2D eigenvalue weighted by Crippen LogP contribution is -2.31. The molecule has 0 aliphatic rings. The summed E-state index contributed by atoms with van der Waals surface area (Å²) in [6.07, 6.45) is 1.06. The summed E-state index contributed by atoms with van der Waals surface area (Å²) in [5, 5.41) is 11.4.